The summed E-state index contributed by atoms with van der Waals surface area (Å²) in [6, 6.07) is 5.07. The van der Waals surface area contributed by atoms with Gasteiger partial charge >= 0.3 is 6.18 Å². The van der Waals surface area contributed by atoms with Crippen LogP contribution in [0.4, 0.5) is 19.1 Å². The van der Waals surface area contributed by atoms with Crippen molar-refractivity contribution in [3.8, 4) is 11.3 Å². The lowest BCUT2D eigenvalue weighted by molar-refractivity contribution is -0.137. The molecule has 0 bridgehead atoms. The van der Waals surface area contributed by atoms with Crippen molar-refractivity contribution < 1.29 is 22.8 Å². The first-order valence-corrected chi connectivity index (χ1v) is 12.7. The Bertz CT molecular complexity index is 1150. The third kappa shape index (κ3) is 4.34. The molecule has 2 aromatic heterocycles. The van der Waals surface area contributed by atoms with Gasteiger partial charge in [0.1, 0.15) is 12.7 Å². The number of aromatic nitrogens is 3. The summed E-state index contributed by atoms with van der Waals surface area (Å²) in [6.07, 6.45) is -0.0699. The van der Waals surface area contributed by atoms with Crippen LogP contribution in [0.2, 0.25) is 0 Å². The molecule has 10 heteroatoms. The summed E-state index contributed by atoms with van der Waals surface area (Å²) in [7, 11) is -2.65. The lowest BCUT2D eigenvalue weighted by Crippen LogP contribution is -2.33. The number of nitrogens with one attached hydrogen (secondary N) is 2. The number of hydrogen-bond donors (Lipinski definition) is 3. The van der Waals surface area contributed by atoms with Gasteiger partial charge < -0.3 is 20.0 Å². The fourth-order valence-corrected chi connectivity index (χ4v) is 5.02. The molecule has 6 nitrogen and oxygen atoms in total. The van der Waals surface area contributed by atoms with Crippen LogP contribution in [-0.2, 0) is 10.7 Å². The Hall–Kier alpha value is -2.38. The molecule has 3 N–H and O–H groups in total. The summed E-state index contributed by atoms with van der Waals surface area (Å²) in [5.74, 6) is 0.218. The number of fused-ring (bicyclic) bond motifs is 1. The Kier molecular flexibility index (Phi) is 5.60. The second-order valence-corrected chi connectivity index (χ2v) is 11.5. The summed E-state index contributed by atoms with van der Waals surface area (Å²) >= 11 is 0. The van der Waals surface area contributed by atoms with Crippen molar-refractivity contribution in [2.45, 2.75) is 31.5 Å². The molecule has 2 heterocycles. The van der Waals surface area contributed by atoms with E-state index in [9.17, 15) is 22.8 Å². The van der Waals surface area contributed by atoms with Gasteiger partial charge in [0.2, 0.25) is 5.95 Å². The van der Waals surface area contributed by atoms with Crippen LogP contribution in [0.3, 0.4) is 0 Å². The van der Waals surface area contributed by atoms with Crippen LogP contribution in [0, 0.1) is 5.92 Å². The van der Waals surface area contributed by atoms with Crippen molar-refractivity contribution in [2.75, 3.05) is 25.2 Å². The van der Waals surface area contributed by atoms with E-state index in [1.807, 2.05) is 0 Å². The number of nitrogens with zero attached hydrogens (tertiary/aromatic N) is 2. The van der Waals surface area contributed by atoms with Gasteiger partial charge in [0.15, 0.2) is 0 Å². The van der Waals surface area contributed by atoms with Crippen molar-refractivity contribution in [3.05, 3.63) is 36.2 Å². The summed E-state index contributed by atoms with van der Waals surface area (Å²) in [4.78, 5) is 11.0. The van der Waals surface area contributed by atoms with Gasteiger partial charge in [-0.05, 0) is 38.2 Å². The van der Waals surface area contributed by atoms with Crippen molar-refractivity contribution in [1.82, 2.24) is 15.0 Å². The molecule has 0 amide bonds. The van der Waals surface area contributed by atoms with Gasteiger partial charge in [-0.25, -0.2) is 9.97 Å². The first-order chi connectivity index (χ1) is 14.6. The molecule has 1 unspecified atom stereocenters. The molecular formula is C21H24F3N4O2P. The van der Waals surface area contributed by atoms with Crippen LogP contribution in [0.1, 0.15) is 24.8 Å². The number of anilines is 1. The van der Waals surface area contributed by atoms with E-state index in [2.05, 4.69) is 20.3 Å². The smallest absolute Gasteiger partial charge is 0.391 e. The summed E-state index contributed by atoms with van der Waals surface area (Å²) in [5, 5.41) is 14.1. The molecule has 0 aliphatic heterocycles. The van der Waals surface area contributed by atoms with Gasteiger partial charge in [-0.3, -0.25) is 0 Å². The Morgan fingerprint density at radius 2 is 2.06 bits per heavy atom. The van der Waals surface area contributed by atoms with E-state index >= 15 is 0 Å². The zero-order chi connectivity index (χ0) is 22.4. The first-order valence-electron chi connectivity index (χ1n) is 10.1. The first kappa shape index (κ1) is 21.8. The Morgan fingerprint density at radius 3 is 2.68 bits per heavy atom. The molecule has 1 aromatic carbocycles. The van der Waals surface area contributed by atoms with Crippen LogP contribution in [-0.4, -0.2) is 46.0 Å². The number of rotatable bonds is 6. The molecule has 0 saturated heterocycles. The normalized spacial score (nSPS) is 16.3. The lowest BCUT2D eigenvalue weighted by Gasteiger charge is -2.30. The number of para-hydroxylation sites is 1. The number of H-pyrrole nitrogens is 1. The fourth-order valence-electron chi connectivity index (χ4n) is 3.85. The summed E-state index contributed by atoms with van der Waals surface area (Å²) < 4.78 is 53.8. The number of aromatic amines is 1. The van der Waals surface area contributed by atoms with E-state index in [0.717, 1.165) is 25.5 Å². The molecule has 1 fully saturated rings. The summed E-state index contributed by atoms with van der Waals surface area (Å²) in [6.45, 7) is 3.40. The zero-order valence-electron chi connectivity index (χ0n) is 17.2. The Labute approximate surface area is 177 Å². The predicted molar refractivity (Wildman–Crippen MR) is 115 cm³/mol. The van der Waals surface area contributed by atoms with E-state index < -0.39 is 25.0 Å². The maximum Gasteiger partial charge on any atom is 0.419 e. The van der Waals surface area contributed by atoms with E-state index in [1.165, 1.54) is 6.20 Å². The second-order valence-electron chi connectivity index (χ2n) is 8.35. The maximum atomic E-state index is 13.7. The molecule has 0 radical (unpaired) electrons. The number of hydrogen-bond acceptors (Lipinski definition) is 5. The van der Waals surface area contributed by atoms with E-state index in [0.29, 0.717) is 16.2 Å². The minimum absolute atomic E-state index is 0.0172. The lowest BCUT2D eigenvalue weighted by atomic mass is 9.81. The van der Waals surface area contributed by atoms with Gasteiger partial charge in [0, 0.05) is 35.2 Å². The average Bonchev–Trinajstić information content (AvgIpc) is 3.07. The number of halogens is 3. The van der Waals surface area contributed by atoms with Gasteiger partial charge in [0.05, 0.1) is 17.3 Å². The van der Waals surface area contributed by atoms with Crippen molar-refractivity contribution in [1.29, 1.82) is 0 Å². The second kappa shape index (κ2) is 7.95. The Balaban J connectivity index is 1.76. The highest BCUT2D eigenvalue weighted by molar-refractivity contribution is 7.70. The van der Waals surface area contributed by atoms with E-state index in [1.54, 1.807) is 31.5 Å². The summed E-state index contributed by atoms with van der Waals surface area (Å²) in [5.41, 5.74) is -0.441. The molecule has 1 aliphatic carbocycles. The van der Waals surface area contributed by atoms with Crippen molar-refractivity contribution in [2.24, 2.45) is 5.92 Å². The van der Waals surface area contributed by atoms with Crippen molar-refractivity contribution >= 4 is 29.3 Å². The largest absolute Gasteiger partial charge is 0.419 e. The maximum absolute atomic E-state index is 13.7. The van der Waals surface area contributed by atoms with Crippen LogP contribution < -0.4 is 10.6 Å². The number of aliphatic hydroxyl groups is 1. The molecular weight excluding hydrogens is 428 g/mol. The third-order valence-electron chi connectivity index (χ3n) is 5.79. The standard InChI is InChI=1S/C21H24F3N4O2P/c1-31(2,30)17-8-4-7-13-14(9-25-19(13)17)18-15(21(22,23)24)10-26-20(28-18)27-11-16(29)12-5-3-6-12/h4,7-10,12,16,25,29H,3,5-6,11H2,1-2H3,(H,26,27,28). The van der Waals surface area contributed by atoms with Crippen LogP contribution >= 0.6 is 7.14 Å². The zero-order valence-corrected chi connectivity index (χ0v) is 18.1. The number of aliphatic hydroxyl groups excluding tert-OH is 1. The molecule has 166 valence electrons. The van der Waals surface area contributed by atoms with E-state index in [4.69, 9.17) is 0 Å². The topological polar surface area (TPSA) is 90.9 Å². The highest BCUT2D eigenvalue weighted by Crippen LogP contribution is 2.41. The van der Waals surface area contributed by atoms with E-state index in [-0.39, 0.29) is 29.7 Å². The number of benzene rings is 1. The minimum Gasteiger partial charge on any atom is -0.391 e. The molecule has 1 aliphatic rings. The number of alkyl halides is 3. The monoisotopic (exact) mass is 452 g/mol. The van der Waals surface area contributed by atoms with Gasteiger partial charge in [-0.1, -0.05) is 18.6 Å². The highest BCUT2D eigenvalue weighted by atomic mass is 31.2. The van der Waals surface area contributed by atoms with Crippen molar-refractivity contribution in [3.63, 3.8) is 0 Å². The Morgan fingerprint density at radius 1 is 1.32 bits per heavy atom. The molecule has 3 aromatic rings. The van der Waals surface area contributed by atoms with Gasteiger partial charge in [-0.2, -0.15) is 13.2 Å². The predicted octanol–water partition coefficient (Wildman–Crippen LogP) is 4.46. The SMILES string of the molecule is CP(C)(=O)c1cccc2c(-c3nc(NCC(O)C4CCC4)ncc3C(F)(F)F)c[nH]c12. The molecule has 31 heavy (non-hydrogen) atoms. The molecule has 0 spiro atoms. The molecule has 4 rings (SSSR count). The fraction of sp³-hybridized carbons (Fsp3) is 0.429. The third-order valence-corrected chi connectivity index (χ3v) is 7.32. The molecule has 1 atom stereocenters. The minimum atomic E-state index is -4.65. The molecule has 1 saturated carbocycles. The average molecular weight is 452 g/mol. The van der Waals surface area contributed by atoms with Gasteiger partial charge in [0.25, 0.3) is 0 Å². The highest BCUT2D eigenvalue weighted by Gasteiger charge is 2.36. The van der Waals surface area contributed by atoms with Crippen LogP contribution in [0.5, 0.6) is 0 Å². The quantitative estimate of drug-likeness (QED) is 0.481. The van der Waals surface area contributed by atoms with Crippen LogP contribution in [0.25, 0.3) is 22.2 Å². The van der Waals surface area contributed by atoms with Crippen LogP contribution in [0.15, 0.2) is 30.6 Å². The van der Waals surface area contributed by atoms with Gasteiger partial charge in [-0.15, -0.1) is 0 Å².